The molecule has 4 aromatic rings. The standard InChI is InChI=1S/C29H26FNO3/c1-20-6-12-23(13-7-20)28(33)29(34,24-14-8-21(2)9-15-24)18-26-4-3-5-27(32)31(26)19-22-10-16-25(30)17-11-22/h3-17,34H,18-19H2,1-2H3. The molecule has 0 aliphatic heterocycles. The Balaban J connectivity index is 1.79. The summed E-state index contributed by atoms with van der Waals surface area (Å²) in [4.78, 5) is 26.5. The fourth-order valence-corrected chi connectivity index (χ4v) is 4.02. The molecule has 1 aromatic heterocycles. The topological polar surface area (TPSA) is 59.3 Å². The molecule has 1 heterocycles. The molecular formula is C29H26FNO3. The van der Waals surface area contributed by atoms with Gasteiger partial charge >= 0.3 is 0 Å². The summed E-state index contributed by atoms with van der Waals surface area (Å²) in [5.74, 6) is -0.803. The summed E-state index contributed by atoms with van der Waals surface area (Å²) < 4.78 is 14.9. The minimum absolute atomic E-state index is 0.0972. The van der Waals surface area contributed by atoms with E-state index in [2.05, 4.69) is 0 Å². The van der Waals surface area contributed by atoms with E-state index in [9.17, 15) is 19.1 Å². The first kappa shape index (κ1) is 23.3. The Morgan fingerprint density at radius 1 is 0.853 bits per heavy atom. The third-order valence-corrected chi connectivity index (χ3v) is 6.05. The molecule has 0 saturated carbocycles. The first-order valence-electron chi connectivity index (χ1n) is 11.1. The quantitative estimate of drug-likeness (QED) is 0.401. The number of benzene rings is 3. The number of aliphatic hydroxyl groups is 1. The SMILES string of the molecule is Cc1ccc(C(=O)C(O)(Cc2cccc(=O)n2Cc2ccc(F)cc2)c2ccc(C)cc2)cc1. The van der Waals surface area contributed by atoms with Crippen LogP contribution in [0.5, 0.6) is 0 Å². The maximum Gasteiger partial charge on any atom is 0.251 e. The van der Waals surface area contributed by atoms with Crippen molar-refractivity contribution < 1.29 is 14.3 Å². The lowest BCUT2D eigenvalue weighted by Crippen LogP contribution is -2.40. The Morgan fingerprint density at radius 3 is 2.06 bits per heavy atom. The first-order chi connectivity index (χ1) is 16.3. The number of nitrogens with zero attached hydrogens (tertiary/aromatic N) is 1. The second kappa shape index (κ2) is 9.57. The molecule has 4 nitrogen and oxygen atoms in total. The molecule has 1 N–H and O–H groups in total. The molecule has 0 fully saturated rings. The molecule has 0 radical (unpaired) electrons. The summed E-state index contributed by atoms with van der Waals surface area (Å²) in [6.45, 7) is 4.05. The highest BCUT2D eigenvalue weighted by Gasteiger charge is 2.39. The summed E-state index contributed by atoms with van der Waals surface area (Å²) in [6.07, 6.45) is -0.0972. The number of Topliss-reactive ketones (excluding diaryl/α,β-unsaturated/α-hetero) is 1. The van der Waals surface area contributed by atoms with Gasteiger partial charge in [0.15, 0.2) is 11.4 Å². The Hall–Kier alpha value is -3.83. The molecule has 5 heteroatoms. The summed E-state index contributed by atoms with van der Waals surface area (Å²) >= 11 is 0. The number of hydrogen-bond donors (Lipinski definition) is 1. The fourth-order valence-electron chi connectivity index (χ4n) is 4.02. The van der Waals surface area contributed by atoms with E-state index in [-0.39, 0.29) is 24.3 Å². The van der Waals surface area contributed by atoms with Gasteiger partial charge in [-0.15, -0.1) is 0 Å². The number of carbonyl (C=O) groups excluding carboxylic acids is 1. The number of rotatable bonds is 7. The van der Waals surface area contributed by atoms with Crippen molar-refractivity contribution in [2.24, 2.45) is 0 Å². The monoisotopic (exact) mass is 455 g/mol. The number of hydrogen-bond acceptors (Lipinski definition) is 3. The smallest absolute Gasteiger partial charge is 0.251 e. The molecular weight excluding hydrogens is 429 g/mol. The Kier molecular flexibility index (Phi) is 6.57. The summed E-state index contributed by atoms with van der Waals surface area (Å²) in [7, 11) is 0. The second-order valence-electron chi connectivity index (χ2n) is 8.67. The zero-order valence-electron chi connectivity index (χ0n) is 19.2. The van der Waals surface area contributed by atoms with Gasteiger partial charge in [-0.2, -0.15) is 0 Å². The maximum atomic E-state index is 13.7. The Labute approximate surface area is 198 Å². The predicted octanol–water partition coefficient (Wildman–Crippen LogP) is 4.97. The van der Waals surface area contributed by atoms with Gasteiger partial charge in [-0.25, -0.2) is 4.39 Å². The van der Waals surface area contributed by atoms with E-state index < -0.39 is 11.4 Å². The fraction of sp³-hybridized carbons (Fsp3) is 0.172. The van der Waals surface area contributed by atoms with Crippen LogP contribution in [0.15, 0.2) is 95.8 Å². The molecule has 1 unspecified atom stereocenters. The summed E-state index contributed by atoms with van der Waals surface area (Å²) in [6, 6.07) is 24.9. The molecule has 34 heavy (non-hydrogen) atoms. The van der Waals surface area contributed by atoms with Crippen molar-refractivity contribution in [1.29, 1.82) is 0 Å². The lowest BCUT2D eigenvalue weighted by atomic mass is 9.81. The van der Waals surface area contributed by atoms with Crippen molar-refractivity contribution in [2.75, 3.05) is 0 Å². The number of aromatic nitrogens is 1. The van der Waals surface area contributed by atoms with Crippen molar-refractivity contribution in [3.63, 3.8) is 0 Å². The maximum absolute atomic E-state index is 13.7. The van der Waals surface area contributed by atoms with Crippen molar-refractivity contribution in [3.05, 3.63) is 141 Å². The Bertz CT molecular complexity index is 1360. The van der Waals surface area contributed by atoms with E-state index in [1.807, 2.05) is 38.1 Å². The van der Waals surface area contributed by atoms with Gasteiger partial charge in [0.05, 0.1) is 6.54 Å². The molecule has 172 valence electrons. The normalized spacial score (nSPS) is 12.8. The van der Waals surface area contributed by atoms with Crippen LogP contribution in [0.2, 0.25) is 0 Å². The van der Waals surface area contributed by atoms with Gasteiger partial charge in [-0.3, -0.25) is 9.59 Å². The van der Waals surface area contributed by atoms with Crippen molar-refractivity contribution in [3.8, 4) is 0 Å². The predicted molar refractivity (Wildman–Crippen MR) is 130 cm³/mol. The van der Waals surface area contributed by atoms with Gasteiger partial charge in [0, 0.05) is 23.7 Å². The van der Waals surface area contributed by atoms with Gasteiger partial charge in [0.1, 0.15) is 5.82 Å². The number of ketones is 1. The van der Waals surface area contributed by atoms with E-state index >= 15 is 0 Å². The molecule has 0 bridgehead atoms. The van der Waals surface area contributed by atoms with Crippen LogP contribution in [-0.4, -0.2) is 15.5 Å². The zero-order chi connectivity index (χ0) is 24.3. The average molecular weight is 456 g/mol. The molecule has 0 spiro atoms. The summed E-state index contributed by atoms with van der Waals surface area (Å²) in [5, 5.41) is 11.9. The van der Waals surface area contributed by atoms with Gasteiger partial charge < -0.3 is 9.67 Å². The van der Waals surface area contributed by atoms with E-state index in [1.165, 1.54) is 22.8 Å². The van der Waals surface area contributed by atoms with Crippen molar-refractivity contribution >= 4 is 5.78 Å². The van der Waals surface area contributed by atoms with Gasteiger partial charge in [-0.1, -0.05) is 77.9 Å². The van der Waals surface area contributed by atoms with E-state index in [0.717, 1.165) is 16.7 Å². The van der Waals surface area contributed by atoms with Crippen LogP contribution < -0.4 is 5.56 Å². The highest BCUT2D eigenvalue weighted by atomic mass is 19.1. The highest BCUT2D eigenvalue weighted by Crippen LogP contribution is 2.30. The van der Waals surface area contributed by atoms with Gasteiger partial charge in [0.2, 0.25) is 0 Å². The van der Waals surface area contributed by atoms with Crippen LogP contribution in [0.4, 0.5) is 4.39 Å². The van der Waals surface area contributed by atoms with Crippen molar-refractivity contribution in [1.82, 2.24) is 4.57 Å². The number of pyridine rings is 1. The van der Waals surface area contributed by atoms with Crippen LogP contribution in [0.1, 0.15) is 38.3 Å². The van der Waals surface area contributed by atoms with E-state index in [4.69, 9.17) is 0 Å². The van der Waals surface area contributed by atoms with Crippen molar-refractivity contribution in [2.45, 2.75) is 32.4 Å². The van der Waals surface area contributed by atoms with Crippen LogP contribution in [0.3, 0.4) is 0 Å². The van der Waals surface area contributed by atoms with E-state index in [1.54, 1.807) is 48.5 Å². The highest BCUT2D eigenvalue weighted by molar-refractivity contribution is 6.03. The lowest BCUT2D eigenvalue weighted by molar-refractivity contribution is 0.0289. The number of aryl methyl sites for hydroxylation is 2. The second-order valence-corrected chi connectivity index (χ2v) is 8.67. The van der Waals surface area contributed by atoms with E-state index in [0.29, 0.717) is 16.8 Å². The van der Waals surface area contributed by atoms with Gasteiger partial charge in [-0.05, 0) is 43.2 Å². The van der Waals surface area contributed by atoms with Crippen LogP contribution in [-0.2, 0) is 18.6 Å². The Morgan fingerprint density at radius 2 is 1.44 bits per heavy atom. The van der Waals surface area contributed by atoms with Crippen LogP contribution in [0, 0.1) is 19.7 Å². The molecule has 0 aliphatic rings. The molecule has 0 aliphatic carbocycles. The number of halogens is 1. The molecule has 1 atom stereocenters. The molecule has 4 rings (SSSR count). The number of carbonyl (C=O) groups is 1. The van der Waals surface area contributed by atoms with Crippen LogP contribution in [0.25, 0.3) is 0 Å². The first-order valence-corrected chi connectivity index (χ1v) is 11.1. The molecule has 0 saturated heterocycles. The lowest BCUT2D eigenvalue weighted by Gasteiger charge is -2.29. The third kappa shape index (κ3) is 4.90. The van der Waals surface area contributed by atoms with Crippen LogP contribution >= 0.6 is 0 Å². The average Bonchev–Trinajstić information content (AvgIpc) is 2.83. The zero-order valence-corrected chi connectivity index (χ0v) is 19.2. The minimum Gasteiger partial charge on any atom is -0.376 e. The largest absolute Gasteiger partial charge is 0.376 e. The van der Waals surface area contributed by atoms with Gasteiger partial charge in [0.25, 0.3) is 5.56 Å². The molecule has 0 amide bonds. The third-order valence-electron chi connectivity index (χ3n) is 6.05. The molecule has 3 aromatic carbocycles. The minimum atomic E-state index is -1.89. The summed E-state index contributed by atoms with van der Waals surface area (Å²) in [5.41, 5.74) is 1.93.